The van der Waals surface area contributed by atoms with E-state index in [4.69, 9.17) is 0 Å². The van der Waals surface area contributed by atoms with Gasteiger partial charge in [-0.15, -0.1) is 0 Å². The Morgan fingerprint density at radius 3 is 2.75 bits per heavy atom. The summed E-state index contributed by atoms with van der Waals surface area (Å²) in [7, 11) is 1.80. The maximum absolute atomic E-state index is 13.2. The minimum absolute atomic E-state index is 0.156. The number of nitrogens with one attached hydrogen (secondary N) is 1. The second-order valence-electron chi connectivity index (χ2n) is 7.32. The first kappa shape index (κ1) is 20.0. The number of nitrogens with zero attached hydrogens (tertiary/aromatic N) is 4. The van der Waals surface area contributed by atoms with Crippen LogP contribution in [0, 0.1) is 5.82 Å². The lowest BCUT2D eigenvalue weighted by Crippen LogP contribution is -2.41. The number of carbonyl (C=O) groups is 1. The first-order valence-electron chi connectivity index (χ1n) is 9.84. The highest BCUT2D eigenvalue weighted by Gasteiger charge is 2.20. The van der Waals surface area contributed by atoms with Gasteiger partial charge in [-0.25, -0.2) is 14.2 Å². The Balaban J connectivity index is 1.68. The number of rotatable bonds is 7. The predicted molar refractivity (Wildman–Crippen MR) is 106 cm³/mol. The van der Waals surface area contributed by atoms with Crippen LogP contribution in [0.25, 0.3) is 0 Å². The van der Waals surface area contributed by atoms with Gasteiger partial charge in [0.05, 0.1) is 6.04 Å². The number of urea groups is 1. The number of allylic oxidation sites excluding steroid dienone is 1. The van der Waals surface area contributed by atoms with E-state index in [1.807, 2.05) is 6.92 Å². The minimum Gasteiger partial charge on any atom is -0.328 e. The normalized spacial score (nSPS) is 15.0. The summed E-state index contributed by atoms with van der Waals surface area (Å²) in [5.41, 5.74) is 2.32. The van der Waals surface area contributed by atoms with Gasteiger partial charge in [-0.3, -0.25) is 4.68 Å². The summed E-state index contributed by atoms with van der Waals surface area (Å²) in [4.78, 5) is 19.0. The molecule has 0 bridgehead atoms. The molecule has 1 aliphatic rings. The lowest BCUT2D eigenvalue weighted by molar-refractivity contribution is 0.191. The van der Waals surface area contributed by atoms with Crippen molar-refractivity contribution in [1.29, 1.82) is 0 Å². The third-order valence-corrected chi connectivity index (χ3v) is 5.14. The molecule has 1 atom stereocenters. The highest BCUT2D eigenvalue weighted by molar-refractivity contribution is 5.74. The molecule has 1 aromatic heterocycles. The maximum Gasteiger partial charge on any atom is 0.318 e. The molecule has 1 aliphatic carbocycles. The van der Waals surface area contributed by atoms with Crippen LogP contribution in [-0.2, 0) is 13.6 Å². The Hall–Kier alpha value is -2.70. The molecular formula is C21H28FN5O. The molecule has 3 rings (SSSR count). The molecule has 0 saturated carbocycles. The average Bonchev–Trinajstić information content (AvgIpc) is 3.13. The SMILES string of the molecule is C[C@H](NC(=O)N(CCC1=CCCCC1)Cc1ccc(F)cc1)c1ncnn1C. The molecule has 28 heavy (non-hydrogen) atoms. The van der Waals surface area contributed by atoms with Gasteiger partial charge in [-0.05, 0) is 56.7 Å². The molecule has 0 saturated heterocycles. The van der Waals surface area contributed by atoms with Crippen LogP contribution in [0.1, 0.15) is 56.5 Å². The topological polar surface area (TPSA) is 63.1 Å². The van der Waals surface area contributed by atoms with Gasteiger partial charge in [0.2, 0.25) is 0 Å². The zero-order valence-corrected chi connectivity index (χ0v) is 16.6. The van der Waals surface area contributed by atoms with Gasteiger partial charge in [0.25, 0.3) is 0 Å². The Morgan fingerprint density at radius 2 is 2.11 bits per heavy atom. The molecule has 1 aromatic carbocycles. The van der Waals surface area contributed by atoms with Gasteiger partial charge in [-0.2, -0.15) is 5.10 Å². The van der Waals surface area contributed by atoms with Crippen molar-refractivity contribution >= 4 is 6.03 Å². The molecule has 7 heteroatoms. The van der Waals surface area contributed by atoms with E-state index in [1.54, 1.807) is 28.8 Å². The van der Waals surface area contributed by atoms with Crippen LogP contribution in [0.2, 0.25) is 0 Å². The molecule has 0 unspecified atom stereocenters. The monoisotopic (exact) mass is 385 g/mol. The van der Waals surface area contributed by atoms with Gasteiger partial charge in [0, 0.05) is 20.1 Å². The van der Waals surface area contributed by atoms with E-state index in [0.29, 0.717) is 18.9 Å². The number of amides is 2. The molecule has 150 valence electrons. The van der Waals surface area contributed by atoms with E-state index in [9.17, 15) is 9.18 Å². The number of benzene rings is 1. The van der Waals surface area contributed by atoms with E-state index in [1.165, 1.54) is 36.9 Å². The van der Waals surface area contributed by atoms with Gasteiger partial charge >= 0.3 is 6.03 Å². The van der Waals surface area contributed by atoms with Crippen molar-refractivity contribution in [2.75, 3.05) is 6.54 Å². The number of aromatic nitrogens is 3. The number of halogens is 1. The summed E-state index contributed by atoms with van der Waals surface area (Å²) < 4.78 is 14.9. The molecule has 0 radical (unpaired) electrons. The van der Waals surface area contributed by atoms with Crippen LogP contribution in [0.3, 0.4) is 0 Å². The minimum atomic E-state index is -0.275. The summed E-state index contributed by atoms with van der Waals surface area (Å²) in [5, 5.41) is 7.07. The largest absolute Gasteiger partial charge is 0.328 e. The van der Waals surface area contributed by atoms with Gasteiger partial charge in [-0.1, -0.05) is 23.8 Å². The third kappa shape index (κ3) is 5.41. The predicted octanol–water partition coefficient (Wildman–Crippen LogP) is 4.12. The van der Waals surface area contributed by atoms with E-state index in [-0.39, 0.29) is 17.9 Å². The number of aryl methyl sites for hydroxylation is 1. The molecule has 0 fully saturated rings. The second-order valence-corrected chi connectivity index (χ2v) is 7.32. The Bertz CT molecular complexity index is 814. The fourth-order valence-electron chi connectivity index (χ4n) is 3.51. The van der Waals surface area contributed by atoms with E-state index in [2.05, 4.69) is 21.5 Å². The van der Waals surface area contributed by atoms with Crippen LogP contribution in [0.4, 0.5) is 9.18 Å². The van der Waals surface area contributed by atoms with Crippen molar-refractivity contribution in [2.45, 2.75) is 51.6 Å². The van der Waals surface area contributed by atoms with Crippen molar-refractivity contribution in [1.82, 2.24) is 25.0 Å². The van der Waals surface area contributed by atoms with Crippen LogP contribution in [-0.4, -0.2) is 32.2 Å². The van der Waals surface area contributed by atoms with Crippen molar-refractivity contribution in [3.63, 3.8) is 0 Å². The highest BCUT2D eigenvalue weighted by atomic mass is 19.1. The fourth-order valence-corrected chi connectivity index (χ4v) is 3.51. The van der Waals surface area contributed by atoms with E-state index >= 15 is 0 Å². The highest BCUT2D eigenvalue weighted by Crippen LogP contribution is 2.21. The average molecular weight is 385 g/mol. The first-order chi connectivity index (χ1) is 13.5. The molecular weight excluding hydrogens is 357 g/mol. The van der Waals surface area contributed by atoms with Gasteiger partial charge < -0.3 is 10.2 Å². The third-order valence-electron chi connectivity index (χ3n) is 5.14. The number of hydrogen-bond donors (Lipinski definition) is 1. The van der Waals surface area contributed by atoms with Crippen LogP contribution in [0.5, 0.6) is 0 Å². The molecule has 6 nitrogen and oxygen atoms in total. The summed E-state index contributed by atoms with van der Waals surface area (Å²) in [5.74, 6) is 0.424. The maximum atomic E-state index is 13.2. The van der Waals surface area contributed by atoms with Crippen LogP contribution < -0.4 is 5.32 Å². The zero-order chi connectivity index (χ0) is 19.9. The van der Waals surface area contributed by atoms with Gasteiger partial charge in [0.15, 0.2) is 0 Å². The fraction of sp³-hybridized carbons (Fsp3) is 0.476. The van der Waals surface area contributed by atoms with Crippen molar-refractivity contribution in [3.8, 4) is 0 Å². The standard InChI is InChI=1S/C21H28FN5O/c1-16(20-23-15-24-26(20)2)25-21(28)27(13-12-17-6-4-3-5-7-17)14-18-8-10-19(22)11-9-18/h6,8-11,15-16H,3-5,7,12-14H2,1-2H3,(H,25,28)/t16-/m0/s1. The van der Waals surface area contributed by atoms with Crippen LogP contribution >= 0.6 is 0 Å². The molecule has 0 aliphatic heterocycles. The van der Waals surface area contributed by atoms with E-state index < -0.39 is 0 Å². The molecule has 2 aromatic rings. The van der Waals surface area contributed by atoms with Crippen molar-refractivity contribution < 1.29 is 9.18 Å². The zero-order valence-electron chi connectivity index (χ0n) is 16.6. The van der Waals surface area contributed by atoms with Gasteiger partial charge in [0.1, 0.15) is 18.0 Å². The summed E-state index contributed by atoms with van der Waals surface area (Å²) in [6.07, 6.45) is 9.36. The molecule has 1 N–H and O–H groups in total. The second kappa shape index (κ2) is 9.48. The van der Waals surface area contributed by atoms with Crippen molar-refractivity contribution in [2.24, 2.45) is 7.05 Å². The molecule has 0 spiro atoms. The Morgan fingerprint density at radius 1 is 1.32 bits per heavy atom. The molecule has 2 amide bonds. The first-order valence-corrected chi connectivity index (χ1v) is 9.84. The summed E-state index contributed by atoms with van der Waals surface area (Å²) in [6.45, 7) is 2.95. The smallest absolute Gasteiger partial charge is 0.318 e. The van der Waals surface area contributed by atoms with E-state index in [0.717, 1.165) is 24.8 Å². The van der Waals surface area contributed by atoms with Crippen molar-refractivity contribution in [3.05, 3.63) is 59.4 Å². The lowest BCUT2D eigenvalue weighted by Gasteiger charge is -2.26. The summed E-state index contributed by atoms with van der Waals surface area (Å²) in [6, 6.07) is 5.89. The molecule has 1 heterocycles. The Labute approximate surface area is 165 Å². The number of hydrogen-bond acceptors (Lipinski definition) is 3. The Kier molecular flexibility index (Phi) is 6.79. The number of carbonyl (C=O) groups excluding carboxylic acids is 1. The summed E-state index contributed by atoms with van der Waals surface area (Å²) >= 11 is 0. The van der Waals surface area contributed by atoms with Crippen LogP contribution in [0.15, 0.2) is 42.2 Å². The lowest BCUT2D eigenvalue weighted by atomic mass is 9.97. The quantitative estimate of drug-likeness (QED) is 0.730.